The van der Waals surface area contributed by atoms with Crippen molar-refractivity contribution in [2.45, 2.75) is 6.54 Å². The van der Waals surface area contributed by atoms with E-state index in [1.54, 1.807) is 10.9 Å². The maximum Gasteiger partial charge on any atom is 0.362 e. The van der Waals surface area contributed by atoms with Crippen molar-refractivity contribution in [2.75, 3.05) is 12.4 Å². The van der Waals surface area contributed by atoms with Gasteiger partial charge in [-0.3, -0.25) is 24.7 Å². The van der Waals surface area contributed by atoms with E-state index in [4.69, 9.17) is 4.74 Å². The van der Waals surface area contributed by atoms with Crippen LogP contribution in [0.4, 0.5) is 11.4 Å². The molecule has 0 fully saturated rings. The number of H-pyrrole nitrogens is 1. The van der Waals surface area contributed by atoms with Crippen molar-refractivity contribution >= 4 is 28.1 Å². The molecule has 10 nitrogen and oxygen atoms in total. The predicted octanol–water partition coefficient (Wildman–Crippen LogP) is 2.98. The molecule has 0 spiro atoms. The van der Waals surface area contributed by atoms with E-state index in [1.165, 1.54) is 13.3 Å². The van der Waals surface area contributed by atoms with Crippen LogP contribution >= 0.6 is 0 Å². The van der Waals surface area contributed by atoms with Crippen LogP contribution in [-0.2, 0) is 6.54 Å². The minimum atomic E-state index is -0.721. The van der Waals surface area contributed by atoms with Crippen molar-refractivity contribution in [1.29, 1.82) is 0 Å². The highest BCUT2D eigenvalue weighted by molar-refractivity contribution is 6.06. The van der Waals surface area contributed by atoms with Gasteiger partial charge in [0.05, 0.1) is 30.5 Å². The zero-order chi connectivity index (χ0) is 20.4. The fourth-order valence-electron chi connectivity index (χ4n) is 3.10. The normalized spacial score (nSPS) is 10.8. The number of nitro groups is 1. The third-order valence-electron chi connectivity index (χ3n) is 4.42. The molecule has 2 N–H and O–H groups in total. The molecule has 0 radical (unpaired) electrons. The maximum atomic E-state index is 12.4. The first-order valence-electron chi connectivity index (χ1n) is 8.64. The molecule has 1 amide bonds. The summed E-state index contributed by atoms with van der Waals surface area (Å²) in [6.07, 6.45) is 3.13. The summed E-state index contributed by atoms with van der Waals surface area (Å²) in [5, 5.41) is 26.3. The summed E-state index contributed by atoms with van der Waals surface area (Å²) in [6, 6.07) is 14.1. The Morgan fingerprint density at radius 2 is 2.07 bits per heavy atom. The number of carbonyl (C=O) groups is 1. The zero-order valence-electron chi connectivity index (χ0n) is 15.3. The molecule has 0 bridgehead atoms. The number of rotatable bonds is 6. The molecule has 0 unspecified atom stereocenters. The van der Waals surface area contributed by atoms with Crippen molar-refractivity contribution in [3.05, 3.63) is 76.2 Å². The highest BCUT2D eigenvalue weighted by Gasteiger charge is 2.30. The number of amides is 1. The molecule has 10 heteroatoms. The van der Waals surface area contributed by atoms with E-state index in [1.807, 2.05) is 42.5 Å². The van der Waals surface area contributed by atoms with Crippen LogP contribution in [0.3, 0.4) is 0 Å². The van der Waals surface area contributed by atoms with Crippen molar-refractivity contribution in [1.82, 2.24) is 20.0 Å². The van der Waals surface area contributed by atoms with Crippen molar-refractivity contribution in [3.63, 3.8) is 0 Å². The van der Waals surface area contributed by atoms with E-state index in [-0.39, 0.29) is 11.6 Å². The fraction of sp³-hybridized carbons (Fsp3) is 0.105. The molecule has 29 heavy (non-hydrogen) atoms. The lowest BCUT2D eigenvalue weighted by Crippen LogP contribution is -2.14. The second kappa shape index (κ2) is 7.43. The Bertz CT molecular complexity index is 1210. The quantitative estimate of drug-likeness (QED) is 0.383. The highest BCUT2D eigenvalue weighted by atomic mass is 16.6. The first kappa shape index (κ1) is 18.2. The van der Waals surface area contributed by atoms with Crippen LogP contribution in [0.1, 0.15) is 16.1 Å². The smallest absolute Gasteiger partial charge is 0.362 e. The number of nitrogens with zero attached hydrogens (tertiary/aromatic N) is 4. The van der Waals surface area contributed by atoms with Gasteiger partial charge in [-0.2, -0.15) is 5.10 Å². The predicted molar refractivity (Wildman–Crippen MR) is 105 cm³/mol. The Hall–Kier alpha value is -4.21. The topological polar surface area (TPSA) is 128 Å². The molecule has 0 atom stereocenters. The summed E-state index contributed by atoms with van der Waals surface area (Å²) >= 11 is 0. The number of methoxy groups -OCH3 is 1. The Kier molecular flexibility index (Phi) is 4.65. The maximum absolute atomic E-state index is 12.4. The number of carbonyl (C=O) groups excluding carboxylic acids is 1. The van der Waals surface area contributed by atoms with Crippen LogP contribution in [0.25, 0.3) is 10.8 Å². The number of aromatic amines is 1. The van der Waals surface area contributed by atoms with Crippen LogP contribution in [0, 0.1) is 10.1 Å². The molecular formula is C19H16N6O4. The first-order valence-corrected chi connectivity index (χ1v) is 8.64. The fourth-order valence-corrected chi connectivity index (χ4v) is 3.10. The molecule has 0 saturated heterocycles. The highest BCUT2D eigenvalue weighted by Crippen LogP contribution is 2.28. The second-order valence-corrected chi connectivity index (χ2v) is 6.23. The summed E-state index contributed by atoms with van der Waals surface area (Å²) in [7, 11) is 1.24. The van der Waals surface area contributed by atoms with Gasteiger partial charge in [0.1, 0.15) is 0 Å². The molecule has 2 aromatic carbocycles. The Labute approximate surface area is 164 Å². The van der Waals surface area contributed by atoms with Crippen LogP contribution in [0.15, 0.2) is 54.9 Å². The van der Waals surface area contributed by atoms with Gasteiger partial charge in [-0.1, -0.05) is 42.5 Å². The lowest BCUT2D eigenvalue weighted by molar-refractivity contribution is -0.386. The van der Waals surface area contributed by atoms with Crippen molar-refractivity contribution in [3.8, 4) is 5.88 Å². The number of hydrogen-bond donors (Lipinski definition) is 2. The van der Waals surface area contributed by atoms with Gasteiger partial charge in [0.25, 0.3) is 5.91 Å². The van der Waals surface area contributed by atoms with Gasteiger partial charge in [0.2, 0.25) is 5.69 Å². The molecule has 2 aromatic heterocycles. The second-order valence-electron chi connectivity index (χ2n) is 6.23. The third-order valence-corrected chi connectivity index (χ3v) is 4.42. The summed E-state index contributed by atoms with van der Waals surface area (Å²) in [4.78, 5) is 22.9. The lowest BCUT2D eigenvalue weighted by atomic mass is 10.0. The van der Waals surface area contributed by atoms with E-state index < -0.39 is 16.5 Å². The van der Waals surface area contributed by atoms with E-state index >= 15 is 0 Å². The van der Waals surface area contributed by atoms with Gasteiger partial charge >= 0.3 is 11.6 Å². The van der Waals surface area contributed by atoms with Crippen LogP contribution < -0.4 is 10.1 Å². The molecule has 0 aliphatic heterocycles. The van der Waals surface area contributed by atoms with Crippen LogP contribution in [-0.4, -0.2) is 37.9 Å². The average Bonchev–Trinajstić information content (AvgIpc) is 3.35. The molecule has 146 valence electrons. The van der Waals surface area contributed by atoms with E-state index in [2.05, 4.69) is 20.6 Å². The average molecular weight is 392 g/mol. The summed E-state index contributed by atoms with van der Waals surface area (Å²) in [6.45, 7) is 0.509. The Morgan fingerprint density at radius 1 is 1.28 bits per heavy atom. The number of anilines is 1. The number of benzene rings is 2. The Balaban J connectivity index is 1.53. The minimum Gasteiger partial charge on any atom is -0.475 e. The van der Waals surface area contributed by atoms with Crippen molar-refractivity contribution < 1.29 is 14.5 Å². The van der Waals surface area contributed by atoms with Gasteiger partial charge < -0.3 is 10.1 Å². The van der Waals surface area contributed by atoms with Gasteiger partial charge in [-0.05, 0) is 16.3 Å². The summed E-state index contributed by atoms with van der Waals surface area (Å²) < 4.78 is 6.49. The lowest BCUT2D eigenvalue weighted by Gasteiger charge is -2.06. The standard InChI is InChI=1S/C19H16N6O4/c1-29-19-17(25(27)28)16(22-23-19)18(26)21-14-9-20-24(11-14)10-13-7-4-6-12-5-2-3-8-15(12)13/h2-9,11H,10H2,1H3,(H,21,26)(H,22,23). The van der Waals surface area contributed by atoms with Gasteiger partial charge in [0, 0.05) is 6.20 Å². The molecule has 0 saturated carbocycles. The number of ether oxygens (including phenoxy) is 1. The van der Waals surface area contributed by atoms with E-state index in [0.717, 1.165) is 16.3 Å². The zero-order valence-corrected chi connectivity index (χ0v) is 15.3. The van der Waals surface area contributed by atoms with Gasteiger partial charge in [-0.15, -0.1) is 5.10 Å². The third kappa shape index (κ3) is 3.50. The first-order chi connectivity index (χ1) is 14.1. The molecular weight excluding hydrogens is 376 g/mol. The summed E-state index contributed by atoms with van der Waals surface area (Å²) in [5.41, 5.74) is 0.665. The number of aromatic nitrogens is 4. The number of nitrogens with one attached hydrogen (secondary N) is 2. The minimum absolute atomic E-state index is 0.258. The largest absolute Gasteiger partial charge is 0.475 e. The molecule has 4 rings (SSSR count). The number of hydrogen-bond acceptors (Lipinski definition) is 6. The molecule has 0 aliphatic rings. The Morgan fingerprint density at radius 3 is 2.86 bits per heavy atom. The monoisotopic (exact) mass is 392 g/mol. The number of fused-ring (bicyclic) bond motifs is 1. The van der Waals surface area contributed by atoms with E-state index in [9.17, 15) is 14.9 Å². The molecule has 4 aromatic rings. The van der Waals surface area contributed by atoms with Crippen molar-refractivity contribution in [2.24, 2.45) is 0 Å². The summed E-state index contributed by atoms with van der Waals surface area (Å²) in [5.74, 6) is -0.969. The van der Waals surface area contributed by atoms with Gasteiger partial charge in [-0.25, -0.2) is 0 Å². The van der Waals surface area contributed by atoms with Crippen LogP contribution in [0.5, 0.6) is 5.88 Å². The molecule has 0 aliphatic carbocycles. The SMILES string of the molecule is COc1n[nH]c(C(=O)Nc2cnn(Cc3cccc4ccccc34)c2)c1[N+](=O)[O-]. The van der Waals surface area contributed by atoms with Gasteiger partial charge in [0.15, 0.2) is 0 Å². The van der Waals surface area contributed by atoms with E-state index in [0.29, 0.717) is 12.2 Å². The van der Waals surface area contributed by atoms with Crippen LogP contribution in [0.2, 0.25) is 0 Å². The molecule has 2 heterocycles.